The summed E-state index contributed by atoms with van der Waals surface area (Å²) in [5.41, 5.74) is 0.979. The number of Topliss-reactive ketones (excluding diaryl/α,β-unsaturated/α-hetero) is 1. The van der Waals surface area contributed by atoms with Crippen molar-refractivity contribution in [2.75, 3.05) is 11.6 Å². The van der Waals surface area contributed by atoms with Crippen molar-refractivity contribution in [1.82, 2.24) is 0 Å². The lowest BCUT2D eigenvalue weighted by molar-refractivity contribution is -0.117. The Kier molecular flexibility index (Phi) is 4.15. The highest BCUT2D eigenvalue weighted by Gasteiger charge is 2.38. The van der Waals surface area contributed by atoms with Crippen LogP contribution in [0.25, 0.3) is 0 Å². The second-order valence-electron chi connectivity index (χ2n) is 4.87. The van der Waals surface area contributed by atoms with Crippen molar-refractivity contribution >= 4 is 27.2 Å². The predicted octanol–water partition coefficient (Wildman–Crippen LogP) is 1.65. The molecule has 6 heteroatoms. The summed E-state index contributed by atoms with van der Waals surface area (Å²) >= 11 is 0. The van der Waals surface area contributed by atoms with Crippen LogP contribution in [-0.4, -0.2) is 31.1 Å². The normalized spacial score (nSPS) is 12.0. The fourth-order valence-electron chi connectivity index (χ4n) is 1.24. The minimum Gasteiger partial charge on any atom is -0.325 e. The summed E-state index contributed by atoms with van der Waals surface area (Å²) in [5.74, 6) is -0.681. The molecule has 0 aliphatic rings. The van der Waals surface area contributed by atoms with E-state index < -0.39 is 20.5 Å². The minimum absolute atomic E-state index is 0.0747. The van der Waals surface area contributed by atoms with Crippen molar-refractivity contribution < 1.29 is 18.0 Å². The van der Waals surface area contributed by atoms with Crippen LogP contribution in [0.2, 0.25) is 0 Å². The Hall–Kier alpha value is -1.69. The van der Waals surface area contributed by atoms with Gasteiger partial charge in [0.2, 0.25) is 5.91 Å². The molecule has 5 nitrogen and oxygen atoms in total. The van der Waals surface area contributed by atoms with Gasteiger partial charge in [-0.3, -0.25) is 9.59 Å². The maximum Gasteiger partial charge on any atom is 0.245 e. The number of nitrogens with one attached hydrogen (secondary N) is 1. The van der Waals surface area contributed by atoms with E-state index in [1.807, 2.05) is 0 Å². The summed E-state index contributed by atoms with van der Waals surface area (Å²) in [6.07, 6.45) is 1.02. The van der Waals surface area contributed by atoms with E-state index in [4.69, 9.17) is 0 Å². The van der Waals surface area contributed by atoms with Gasteiger partial charge in [0.05, 0.1) is 0 Å². The monoisotopic (exact) mass is 283 g/mol. The first-order chi connectivity index (χ1) is 8.55. The van der Waals surface area contributed by atoms with Gasteiger partial charge in [-0.25, -0.2) is 8.42 Å². The van der Waals surface area contributed by atoms with Crippen molar-refractivity contribution in [3.63, 3.8) is 0 Å². The third-order valence-corrected chi connectivity index (χ3v) is 5.06. The fourth-order valence-corrected chi connectivity index (χ4v) is 1.63. The summed E-state index contributed by atoms with van der Waals surface area (Å²) < 4.78 is 21.5. The summed E-state index contributed by atoms with van der Waals surface area (Å²) in [5, 5.41) is 2.53. The van der Waals surface area contributed by atoms with Crippen molar-refractivity contribution in [3.05, 3.63) is 29.8 Å². The molecule has 104 valence electrons. The van der Waals surface area contributed by atoms with Crippen molar-refractivity contribution in [3.8, 4) is 0 Å². The van der Waals surface area contributed by atoms with Crippen LogP contribution < -0.4 is 5.32 Å². The largest absolute Gasteiger partial charge is 0.325 e. The molecule has 0 bridgehead atoms. The van der Waals surface area contributed by atoms with Gasteiger partial charge < -0.3 is 5.32 Å². The SMILES string of the molecule is CC(=O)c1ccc(NC(=O)C(C)(C)S(C)(=O)=O)cc1. The number of carbonyl (C=O) groups is 2. The molecule has 0 saturated carbocycles. The molecule has 0 radical (unpaired) electrons. The number of hydrogen-bond donors (Lipinski definition) is 1. The van der Waals surface area contributed by atoms with Crippen LogP contribution in [0, 0.1) is 0 Å². The van der Waals surface area contributed by atoms with Crippen LogP contribution in [0.15, 0.2) is 24.3 Å². The number of hydrogen-bond acceptors (Lipinski definition) is 4. The van der Waals surface area contributed by atoms with E-state index in [0.717, 1.165) is 6.26 Å². The Bertz CT molecular complexity index is 600. The second-order valence-corrected chi connectivity index (χ2v) is 7.44. The number of sulfone groups is 1. The summed E-state index contributed by atoms with van der Waals surface area (Å²) in [4.78, 5) is 23.0. The second kappa shape index (κ2) is 5.13. The zero-order valence-corrected chi connectivity index (χ0v) is 12.2. The molecule has 1 rings (SSSR count). The van der Waals surface area contributed by atoms with Crippen LogP contribution in [-0.2, 0) is 14.6 Å². The summed E-state index contributed by atoms with van der Waals surface area (Å²) in [6.45, 7) is 4.14. The van der Waals surface area contributed by atoms with Gasteiger partial charge in [0, 0.05) is 17.5 Å². The van der Waals surface area contributed by atoms with Crippen LogP contribution in [0.4, 0.5) is 5.69 Å². The van der Waals surface area contributed by atoms with E-state index in [9.17, 15) is 18.0 Å². The molecule has 0 spiro atoms. The minimum atomic E-state index is -3.51. The molecule has 0 atom stereocenters. The smallest absolute Gasteiger partial charge is 0.245 e. The lowest BCUT2D eigenvalue weighted by Gasteiger charge is -2.21. The van der Waals surface area contributed by atoms with E-state index in [1.165, 1.54) is 20.8 Å². The standard InChI is InChI=1S/C13H17NO4S/c1-9(15)10-5-7-11(8-6-10)14-12(16)13(2,3)19(4,17)18/h5-8H,1-4H3,(H,14,16). The number of ketones is 1. The van der Waals surface area contributed by atoms with E-state index >= 15 is 0 Å². The van der Waals surface area contributed by atoms with Gasteiger partial charge in [-0.1, -0.05) is 0 Å². The van der Waals surface area contributed by atoms with Gasteiger partial charge in [0.15, 0.2) is 15.6 Å². The van der Waals surface area contributed by atoms with Crippen LogP contribution >= 0.6 is 0 Å². The van der Waals surface area contributed by atoms with Gasteiger partial charge in [-0.05, 0) is 45.0 Å². The Morgan fingerprint density at radius 3 is 1.95 bits per heavy atom. The first-order valence-corrected chi connectivity index (χ1v) is 7.57. The van der Waals surface area contributed by atoms with Gasteiger partial charge in [-0.15, -0.1) is 0 Å². The molecule has 0 saturated heterocycles. The van der Waals surface area contributed by atoms with Gasteiger partial charge in [0.1, 0.15) is 4.75 Å². The number of rotatable bonds is 4. The molecular formula is C13H17NO4S. The number of carbonyl (C=O) groups excluding carboxylic acids is 2. The molecule has 1 amide bonds. The van der Waals surface area contributed by atoms with Gasteiger partial charge in [-0.2, -0.15) is 0 Å². The average molecular weight is 283 g/mol. The molecule has 0 unspecified atom stereocenters. The zero-order chi connectivity index (χ0) is 14.8. The summed E-state index contributed by atoms with van der Waals surface area (Å²) in [6, 6.07) is 6.27. The molecule has 1 aromatic rings. The quantitative estimate of drug-likeness (QED) is 0.852. The molecule has 0 aromatic heterocycles. The van der Waals surface area contributed by atoms with Crippen LogP contribution in [0.5, 0.6) is 0 Å². The first-order valence-electron chi connectivity index (χ1n) is 5.68. The third-order valence-electron chi connectivity index (χ3n) is 3.02. The first kappa shape index (κ1) is 15.4. The Balaban J connectivity index is 2.92. The van der Waals surface area contributed by atoms with E-state index in [0.29, 0.717) is 11.3 Å². The fraction of sp³-hybridized carbons (Fsp3) is 0.385. The van der Waals surface area contributed by atoms with E-state index in [-0.39, 0.29) is 5.78 Å². The highest BCUT2D eigenvalue weighted by atomic mass is 32.2. The molecule has 0 heterocycles. The summed E-state index contributed by atoms with van der Waals surface area (Å²) in [7, 11) is -3.51. The van der Waals surface area contributed by atoms with E-state index in [2.05, 4.69) is 5.32 Å². The third kappa shape index (κ3) is 3.41. The lowest BCUT2D eigenvalue weighted by Crippen LogP contribution is -2.43. The molecule has 0 aliphatic heterocycles. The van der Waals surface area contributed by atoms with Crippen molar-refractivity contribution in [1.29, 1.82) is 0 Å². The zero-order valence-electron chi connectivity index (χ0n) is 11.4. The molecule has 1 N–H and O–H groups in total. The molecule has 19 heavy (non-hydrogen) atoms. The molecule has 0 fully saturated rings. The van der Waals surface area contributed by atoms with Gasteiger partial charge in [0.25, 0.3) is 0 Å². The lowest BCUT2D eigenvalue weighted by atomic mass is 10.1. The van der Waals surface area contributed by atoms with Crippen molar-refractivity contribution in [2.45, 2.75) is 25.5 Å². The van der Waals surface area contributed by atoms with Crippen molar-refractivity contribution in [2.24, 2.45) is 0 Å². The Labute approximate surface area is 112 Å². The maximum atomic E-state index is 11.9. The van der Waals surface area contributed by atoms with Crippen LogP contribution in [0.1, 0.15) is 31.1 Å². The Morgan fingerprint density at radius 2 is 1.58 bits per heavy atom. The van der Waals surface area contributed by atoms with E-state index in [1.54, 1.807) is 24.3 Å². The predicted molar refractivity (Wildman–Crippen MR) is 74.0 cm³/mol. The highest BCUT2D eigenvalue weighted by molar-refractivity contribution is 7.92. The molecular weight excluding hydrogens is 266 g/mol. The van der Waals surface area contributed by atoms with Gasteiger partial charge >= 0.3 is 0 Å². The average Bonchev–Trinajstić information content (AvgIpc) is 2.28. The maximum absolute atomic E-state index is 11.9. The Morgan fingerprint density at radius 1 is 1.11 bits per heavy atom. The number of amides is 1. The topological polar surface area (TPSA) is 80.3 Å². The molecule has 0 aliphatic carbocycles. The highest BCUT2D eigenvalue weighted by Crippen LogP contribution is 2.19. The number of benzene rings is 1. The van der Waals surface area contributed by atoms with Crippen LogP contribution in [0.3, 0.4) is 0 Å². The molecule has 1 aromatic carbocycles. The number of anilines is 1.